The molecule has 0 radical (unpaired) electrons. The van der Waals surface area contributed by atoms with E-state index >= 15 is 0 Å². The third-order valence-corrected chi connectivity index (χ3v) is 4.97. The number of rotatable bonds is 4. The molecule has 5 nitrogen and oxygen atoms in total. The summed E-state index contributed by atoms with van der Waals surface area (Å²) in [6.45, 7) is 0. The number of fused-ring (bicyclic) bond motifs is 2. The van der Waals surface area contributed by atoms with Crippen LogP contribution in [0.15, 0.2) is 67.0 Å². The lowest BCUT2D eigenvalue weighted by molar-refractivity contribution is 0.840. The normalized spacial score (nSPS) is 11.4. The van der Waals surface area contributed by atoms with Crippen LogP contribution in [0.25, 0.3) is 27.9 Å². The first kappa shape index (κ1) is 16.0. The van der Waals surface area contributed by atoms with Crippen LogP contribution in [-0.4, -0.2) is 24.6 Å². The van der Waals surface area contributed by atoms with Crippen molar-refractivity contribution >= 4 is 28.3 Å². The largest absolute Gasteiger partial charge is 0.361 e. The van der Waals surface area contributed by atoms with E-state index in [0.717, 1.165) is 35.4 Å². The van der Waals surface area contributed by atoms with Gasteiger partial charge in [-0.15, -0.1) is 5.10 Å². The Bertz CT molecular complexity index is 1240. The minimum Gasteiger partial charge on any atom is -0.361 e. The van der Waals surface area contributed by atoms with Crippen molar-refractivity contribution in [2.24, 2.45) is 0 Å². The number of aromatic nitrogens is 5. The number of hydrogen-bond donors (Lipinski definition) is 1. The Hall–Kier alpha value is -3.18. The standard InChI is InChI=1S/C21H16ClN5/c22-16-8-5-14(6-9-16)19-11-12-23-21-25-20(26-27(19)21)10-7-15-13-24-18-4-2-1-3-17(15)18/h1-6,8-9,11-13,24H,7,10H2. The summed E-state index contributed by atoms with van der Waals surface area (Å²) in [6.07, 6.45) is 5.46. The van der Waals surface area contributed by atoms with Crippen molar-refractivity contribution in [3.8, 4) is 11.3 Å². The summed E-state index contributed by atoms with van der Waals surface area (Å²) >= 11 is 6.00. The zero-order chi connectivity index (χ0) is 18.2. The second-order valence-corrected chi connectivity index (χ2v) is 6.87. The molecule has 1 N–H and O–H groups in total. The average Bonchev–Trinajstić information content (AvgIpc) is 3.30. The summed E-state index contributed by atoms with van der Waals surface area (Å²) < 4.78 is 1.80. The lowest BCUT2D eigenvalue weighted by Gasteiger charge is -2.03. The maximum Gasteiger partial charge on any atom is 0.252 e. The molecule has 6 heteroatoms. The highest BCUT2D eigenvalue weighted by Gasteiger charge is 2.11. The first-order valence-corrected chi connectivity index (χ1v) is 9.17. The first-order chi connectivity index (χ1) is 13.3. The summed E-state index contributed by atoms with van der Waals surface area (Å²) in [4.78, 5) is 12.3. The monoisotopic (exact) mass is 373 g/mol. The number of nitrogens with one attached hydrogen (secondary N) is 1. The second kappa shape index (κ2) is 6.52. The molecule has 0 atom stereocenters. The maximum atomic E-state index is 6.00. The van der Waals surface area contributed by atoms with E-state index in [1.54, 1.807) is 10.7 Å². The van der Waals surface area contributed by atoms with Gasteiger partial charge in [-0.3, -0.25) is 0 Å². The molecule has 0 spiro atoms. The van der Waals surface area contributed by atoms with Crippen molar-refractivity contribution in [3.63, 3.8) is 0 Å². The lowest BCUT2D eigenvalue weighted by Crippen LogP contribution is -1.97. The zero-order valence-corrected chi connectivity index (χ0v) is 15.2. The molecule has 0 amide bonds. The van der Waals surface area contributed by atoms with Crippen molar-refractivity contribution in [1.82, 2.24) is 24.6 Å². The molecule has 0 aliphatic carbocycles. The molecule has 3 aromatic heterocycles. The van der Waals surface area contributed by atoms with Crippen LogP contribution in [0.2, 0.25) is 5.02 Å². The van der Waals surface area contributed by atoms with Crippen LogP contribution in [0, 0.1) is 0 Å². The topological polar surface area (TPSA) is 58.9 Å². The minimum absolute atomic E-state index is 0.608. The van der Waals surface area contributed by atoms with Gasteiger partial charge in [-0.2, -0.15) is 9.50 Å². The molecule has 0 bridgehead atoms. The number of para-hydroxylation sites is 1. The van der Waals surface area contributed by atoms with Gasteiger partial charge in [-0.05, 0) is 36.2 Å². The van der Waals surface area contributed by atoms with E-state index in [9.17, 15) is 0 Å². The van der Waals surface area contributed by atoms with Crippen molar-refractivity contribution in [2.45, 2.75) is 12.8 Å². The number of hydrogen-bond acceptors (Lipinski definition) is 3. The van der Waals surface area contributed by atoms with Gasteiger partial charge < -0.3 is 4.98 Å². The molecule has 27 heavy (non-hydrogen) atoms. The van der Waals surface area contributed by atoms with E-state index in [1.807, 2.05) is 36.4 Å². The van der Waals surface area contributed by atoms with Gasteiger partial charge in [0, 0.05) is 40.3 Å². The molecule has 0 saturated heterocycles. The molecule has 132 valence electrons. The smallest absolute Gasteiger partial charge is 0.252 e. The van der Waals surface area contributed by atoms with E-state index in [-0.39, 0.29) is 0 Å². The molecular weight excluding hydrogens is 358 g/mol. The Morgan fingerprint density at radius 3 is 2.70 bits per heavy atom. The minimum atomic E-state index is 0.608. The van der Waals surface area contributed by atoms with Crippen LogP contribution >= 0.6 is 11.6 Å². The Kier molecular flexibility index (Phi) is 3.87. The fourth-order valence-electron chi connectivity index (χ4n) is 3.37. The quantitative estimate of drug-likeness (QED) is 0.496. The predicted octanol–water partition coefficient (Wildman–Crippen LogP) is 4.71. The fraction of sp³-hybridized carbons (Fsp3) is 0.0952. The second-order valence-electron chi connectivity index (χ2n) is 6.44. The van der Waals surface area contributed by atoms with E-state index in [2.05, 4.69) is 39.3 Å². The van der Waals surface area contributed by atoms with Gasteiger partial charge in [0.05, 0.1) is 5.69 Å². The lowest BCUT2D eigenvalue weighted by atomic mass is 10.1. The van der Waals surface area contributed by atoms with Gasteiger partial charge in [-0.1, -0.05) is 41.9 Å². The third kappa shape index (κ3) is 2.96. The Morgan fingerprint density at radius 1 is 0.963 bits per heavy atom. The van der Waals surface area contributed by atoms with Gasteiger partial charge in [0.1, 0.15) is 0 Å². The number of nitrogens with zero attached hydrogens (tertiary/aromatic N) is 4. The third-order valence-electron chi connectivity index (χ3n) is 4.72. The van der Waals surface area contributed by atoms with E-state index in [4.69, 9.17) is 16.7 Å². The van der Waals surface area contributed by atoms with E-state index in [0.29, 0.717) is 10.8 Å². The predicted molar refractivity (Wildman–Crippen MR) is 107 cm³/mol. The van der Waals surface area contributed by atoms with Crippen LogP contribution in [-0.2, 0) is 12.8 Å². The molecule has 0 saturated carbocycles. The first-order valence-electron chi connectivity index (χ1n) is 8.79. The Morgan fingerprint density at radius 2 is 1.81 bits per heavy atom. The molecule has 3 heterocycles. The SMILES string of the molecule is Clc1ccc(-c2ccnc3nc(CCc4c[nH]c5ccccc45)nn23)cc1. The molecule has 0 fully saturated rings. The summed E-state index contributed by atoms with van der Waals surface area (Å²) in [6, 6.07) is 18.0. The number of H-pyrrole nitrogens is 1. The molecule has 0 unspecified atom stereocenters. The summed E-state index contributed by atoms with van der Waals surface area (Å²) in [5, 5.41) is 6.65. The van der Waals surface area contributed by atoms with E-state index in [1.165, 1.54) is 10.9 Å². The number of benzene rings is 2. The highest BCUT2D eigenvalue weighted by molar-refractivity contribution is 6.30. The number of halogens is 1. The van der Waals surface area contributed by atoms with Crippen molar-refractivity contribution in [3.05, 3.63) is 83.4 Å². The molecular formula is C21H16ClN5. The van der Waals surface area contributed by atoms with Gasteiger partial charge in [0.15, 0.2) is 5.82 Å². The van der Waals surface area contributed by atoms with Gasteiger partial charge in [0.2, 0.25) is 0 Å². The van der Waals surface area contributed by atoms with Crippen molar-refractivity contribution in [2.75, 3.05) is 0 Å². The van der Waals surface area contributed by atoms with Crippen molar-refractivity contribution in [1.29, 1.82) is 0 Å². The van der Waals surface area contributed by atoms with Crippen LogP contribution in [0.5, 0.6) is 0 Å². The average molecular weight is 374 g/mol. The fourth-order valence-corrected chi connectivity index (χ4v) is 3.49. The Labute approximate surface area is 160 Å². The molecule has 5 rings (SSSR count). The highest BCUT2D eigenvalue weighted by Crippen LogP contribution is 2.22. The summed E-state index contributed by atoms with van der Waals surface area (Å²) in [5.41, 5.74) is 4.40. The number of aryl methyl sites for hydroxylation is 2. The van der Waals surface area contributed by atoms with Crippen molar-refractivity contribution < 1.29 is 0 Å². The van der Waals surface area contributed by atoms with Crippen LogP contribution < -0.4 is 0 Å². The molecule has 5 aromatic rings. The van der Waals surface area contributed by atoms with Gasteiger partial charge >= 0.3 is 0 Å². The maximum absolute atomic E-state index is 6.00. The van der Waals surface area contributed by atoms with Gasteiger partial charge in [0.25, 0.3) is 5.78 Å². The number of aromatic amines is 1. The highest BCUT2D eigenvalue weighted by atomic mass is 35.5. The van der Waals surface area contributed by atoms with Crippen LogP contribution in [0.4, 0.5) is 0 Å². The van der Waals surface area contributed by atoms with Crippen LogP contribution in [0.3, 0.4) is 0 Å². The summed E-state index contributed by atoms with van der Waals surface area (Å²) in [7, 11) is 0. The molecule has 2 aromatic carbocycles. The summed E-state index contributed by atoms with van der Waals surface area (Å²) in [5.74, 6) is 1.39. The van der Waals surface area contributed by atoms with Gasteiger partial charge in [-0.25, -0.2) is 4.98 Å². The zero-order valence-electron chi connectivity index (χ0n) is 14.4. The molecule has 0 aliphatic heterocycles. The van der Waals surface area contributed by atoms with Crippen LogP contribution in [0.1, 0.15) is 11.4 Å². The molecule has 0 aliphatic rings. The Balaban J connectivity index is 1.46. The van der Waals surface area contributed by atoms with E-state index < -0.39 is 0 Å².